The SMILES string of the molecule is Cc1csc2nc(CN(CCO)CCc3ccccc3)cc(=O)n12. The smallest absolute Gasteiger partial charge is 0.259 e. The Morgan fingerprint density at radius 2 is 2.04 bits per heavy atom. The largest absolute Gasteiger partial charge is 0.395 e. The Hall–Kier alpha value is -2.02. The van der Waals surface area contributed by atoms with Gasteiger partial charge in [-0.1, -0.05) is 30.3 Å². The van der Waals surface area contributed by atoms with Gasteiger partial charge in [0.15, 0.2) is 4.96 Å². The first-order valence-electron chi connectivity index (χ1n) is 8.01. The summed E-state index contributed by atoms with van der Waals surface area (Å²) < 4.78 is 1.63. The number of hydrogen-bond acceptors (Lipinski definition) is 5. The lowest BCUT2D eigenvalue weighted by Gasteiger charge is -2.20. The average Bonchev–Trinajstić information content (AvgIpc) is 2.95. The fourth-order valence-corrected chi connectivity index (χ4v) is 3.64. The van der Waals surface area contributed by atoms with Crippen molar-refractivity contribution in [3.63, 3.8) is 0 Å². The normalized spacial score (nSPS) is 11.5. The van der Waals surface area contributed by atoms with Gasteiger partial charge in [0, 0.05) is 36.8 Å². The van der Waals surface area contributed by atoms with Crippen LogP contribution < -0.4 is 5.56 Å². The van der Waals surface area contributed by atoms with E-state index in [1.165, 1.54) is 16.9 Å². The zero-order valence-corrected chi connectivity index (χ0v) is 14.5. The van der Waals surface area contributed by atoms with Gasteiger partial charge in [-0.25, -0.2) is 4.98 Å². The van der Waals surface area contributed by atoms with E-state index in [1.807, 2.05) is 30.5 Å². The van der Waals surface area contributed by atoms with Gasteiger partial charge in [-0.3, -0.25) is 14.1 Å². The van der Waals surface area contributed by atoms with Crippen molar-refractivity contribution in [3.8, 4) is 0 Å². The maximum Gasteiger partial charge on any atom is 0.259 e. The molecule has 0 spiro atoms. The lowest BCUT2D eigenvalue weighted by atomic mass is 10.1. The van der Waals surface area contributed by atoms with Gasteiger partial charge < -0.3 is 5.11 Å². The van der Waals surface area contributed by atoms with Crippen LogP contribution in [0.15, 0.2) is 46.6 Å². The van der Waals surface area contributed by atoms with Crippen molar-refractivity contribution in [2.75, 3.05) is 19.7 Å². The molecule has 2 aromatic heterocycles. The van der Waals surface area contributed by atoms with E-state index in [4.69, 9.17) is 0 Å². The topological polar surface area (TPSA) is 57.8 Å². The third kappa shape index (κ3) is 3.90. The number of benzene rings is 1. The summed E-state index contributed by atoms with van der Waals surface area (Å²) in [5.74, 6) is 0. The van der Waals surface area contributed by atoms with Crippen molar-refractivity contribution in [2.24, 2.45) is 0 Å². The molecule has 0 amide bonds. The highest BCUT2D eigenvalue weighted by molar-refractivity contribution is 7.15. The highest BCUT2D eigenvalue weighted by Gasteiger charge is 2.11. The molecular weight excluding hydrogens is 322 g/mol. The maximum absolute atomic E-state index is 12.3. The fourth-order valence-electron chi connectivity index (χ4n) is 2.75. The number of fused-ring (bicyclic) bond motifs is 1. The minimum atomic E-state index is -0.0410. The van der Waals surface area contributed by atoms with Gasteiger partial charge >= 0.3 is 0 Å². The summed E-state index contributed by atoms with van der Waals surface area (Å²) >= 11 is 1.48. The van der Waals surface area contributed by atoms with E-state index in [-0.39, 0.29) is 12.2 Å². The van der Waals surface area contributed by atoms with E-state index < -0.39 is 0 Å². The van der Waals surface area contributed by atoms with Crippen molar-refractivity contribution in [2.45, 2.75) is 19.9 Å². The molecule has 3 rings (SSSR count). The maximum atomic E-state index is 12.3. The van der Waals surface area contributed by atoms with Crippen LogP contribution in [0.25, 0.3) is 4.96 Å². The van der Waals surface area contributed by atoms with Crippen LogP contribution in [-0.2, 0) is 13.0 Å². The zero-order chi connectivity index (χ0) is 16.9. The molecule has 0 saturated heterocycles. The van der Waals surface area contributed by atoms with E-state index in [2.05, 4.69) is 22.0 Å². The van der Waals surface area contributed by atoms with Crippen molar-refractivity contribution < 1.29 is 5.11 Å². The quantitative estimate of drug-likeness (QED) is 0.714. The first-order chi connectivity index (χ1) is 11.7. The number of aryl methyl sites for hydroxylation is 1. The zero-order valence-electron chi connectivity index (χ0n) is 13.7. The molecule has 0 fully saturated rings. The van der Waals surface area contributed by atoms with Crippen molar-refractivity contribution in [3.05, 3.63) is 69.1 Å². The van der Waals surface area contributed by atoms with Gasteiger partial charge in [-0.15, -0.1) is 11.3 Å². The highest BCUT2D eigenvalue weighted by Crippen LogP contribution is 2.12. The van der Waals surface area contributed by atoms with Crippen LogP contribution in [0.4, 0.5) is 0 Å². The van der Waals surface area contributed by atoms with Gasteiger partial charge in [0.1, 0.15) is 0 Å². The molecule has 0 bridgehead atoms. The molecule has 1 aromatic carbocycles. The molecule has 24 heavy (non-hydrogen) atoms. The van der Waals surface area contributed by atoms with Gasteiger partial charge in [-0.2, -0.15) is 0 Å². The number of aliphatic hydroxyl groups excluding tert-OH is 1. The molecule has 0 aliphatic carbocycles. The Labute approximate surface area is 144 Å². The molecule has 0 atom stereocenters. The second kappa shape index (κ2) is 7.70. The summed E-state index contributed by atoms with van der Waals surface area (Å²) in [7, 11) is 0. The fraction of sp³-hybridized carbons (Fsp3) is 0.333. The Morgan fingerprint density at radius 1 is 1.25 bits per heavy atom. The van der Waals surface area contributed by atoms with Crippen molar-refractivity contribution in [1.29, 1.82) is 0 Å². The number of nitrogens with zero attached hydrogens (tertiary/aromatic N) is 3. The lowest BCUT2D eigenvalue weighted by molar-refractivity contribution is 0.190. The van der Waals surface area contributed by atoms with Crippen molar-refractivity contribution in [1.82, 2.24) is 14.3 Å². The molecule has 5 nitrogen and oxygen atoms in total. The third-order valence-corrected chi connectivity index (χ3v) is 4.93. The first kappa shape index (κ1) is 16.8. The number of hydrogen-bond donors (Lipinski definition) is 1. The van der Waals surface area contributed by atoms with Crippen LogP contribution in [0.5, 0.6) is 0 Å². The summed E-state index contributed by atoms with van der Waals surface area (Å²) in [4.78, 5) is 19.7. The van der Waals surface area contributed by atoms with Crippen LogP contribution in [0.3, 0.4) is 0 Å². The lowest BCUT2D eigenvalue weighted by Crippen LogP contribution is -2.30. The summed E-state index contributed by atoms with van der Waals surface area (Å²) in [6.07, 6.45) is 0.903. The van der Waals surface area contributed by atoms with Crippen LogP contribution in [0, 0.1) is 6.92 Å². The Morgan fingerprint density at radius 3 is 2.79 bits per heavy atom. The monoisotopic (exact) mass is 343 g/mol. The van der Waals surface area contributed by atoms with E-state index >= 15 is 0 Å². The number of rotatable bonds is 7. The summed E-state index contributed by atoms with van der Waals surface area (Å²) in [6.45, 7) is 3.95. The Balaban J connectivity index is 1.74. The van der Waals surface area contributed by atoms with Crippen LogP contribution in [-0.4, -0.2) is 39.1 Å². The van der Waals surface area contributed by atoms with E-state index in [9.17, 15) is 9.90 Å². The third-order valence-electron chi connectivity index (χ3n) is 3.99. The average molecular weight is 343 g/mol. The van der Waals surface area contributed by atoms with Crippen LogP contribution >= 0.6 is 11.3 Å². The first-order valence-corrected chi connectivity index (χ1v) is 8.89. The Kier molecular flexibility index (Phi) is 5.40. The molecule has 0 unspecified atom stereocenters. The predicted molar refractivity (Wildman–Crippen MR) is 96.6 cm³/mol. The molecule has 6 heteroatoms. The molecule has 3 aromatic rings. The number of aliphatic hydroxyl groups is 1. The number of aromatic nitrogens is 2. The Bertz CT molecular complexity index is 858. The second-order valence-electron chi connectivity index (χ2n) is 5.82. The molecule has 2 heterocycles. The van der Waals surface area contributed by atoms with Crippen molar-refractivity contribution >= 4 is 16.3 Å². The highest BCUT2D eigenvalue weighted by atomic mass is 32.1. The molecule has 0 saturated carbocycles. The number of thiazole rings is 1. The minimum absolute atomic E-state index is 0.0410. The van der Waals surface area contributed by atoms with Gasteiger partial charge in [-0.05, 0) is 18.9 Å². The molecular formula is C18H21N3O2S. The summed E-state index contributed by atoms with van der Waals surface area (Å²) in [5, 5.41) is 11.3. The van der Waals surface area contributed by atoms with E-state index in [0.29, 0.717) is 13.1 Å². The van der Waals surface area contributed by atoms with Gasteiger partial charge in [0.05, 0.1) is 12.3 Å². The molecule has 1 N–H and O–H groups in total. The van der Waals surface area contributed by atoms with Crippen LogP contribution in [0.2, 0.25) is 0 Å². The molecule has 0 aliphatic heterocycles. The van der Waals surface area contributed by atoms with E-state index in [0.717, 1.165) is 29.3 Å². The van der Waals surface area contributed by atoms with Gasteiger partial charge in [0.25, 0.3) is 5.56 Å². The standard InChI is InChI=1S/C18H21N3O2S/c1-14-13-24-18-19-16(11-17(23)21(14)18)12-20(9-10-22)8-7-15-5-3-2-4-6-15/h2-6,11,13,22H,7-10,12H2,1H3. The van der Waals surface area contributed by atoms with E-state index in [1.54, 1.807) is 10.5 Å². The molecule has 0 radical (unpaired) electrons. The summed E-state index contributed by atoms with van der Waals surface area (Å²) in [6, 6.07) is 11.9. The summed E-state index contributed by atoms with van der Waals surface area (Å²) in [5.41, 5.74) is 2.89. The minimum Gasteiger partial charge on any atom is -0.395 e. The molecule has 0 aliphatic rings. The van der Waals surface area contributed by atoms with Gasteiger partial charge in [0.2, 0.25) is 0 Å². The molecule has 126 valence electrons. The second-order valence-corrected chi connectivity index (χ2v) is 6.65. The van der Waals surface area contributed by atoms with Crippen LogP contribution in [0.1, 0.15) is 17.0 Å². The predicted octanol–water partition coefficient (Wildman–Crippen LogP) is 2.10.